The van der Waals surface area contributed by atoms with E-state index in [1.165, 1.54) is 12.8 Å². The summed E-state index contributed by atoms with van der Waals surface area (Å²) in [6.45, 7) is 12.8. The molecule has 2 aliphatic carbocycles. The van der Waals surface area contributed by atoms with Crippen LogP contribution in [0.5, 0.6) is 0 Å². The highest BCUT2D eigenvalue weighted by Crippen LogP contribution is 2.55. The molecule has 0 aromatic heterocycles. The first kappa shape index (κ1) is 26.9. The predicted molar refractivity (Wildman–Crippen MR) is 127 cm³/mol. The molecule has 5 atom stereocenters. The van der Waals surface area contributed by atoms with E-state index in [9.17, 15) is 9.59 Å². The number of hydrogen-bond donors (Lipinski definition) is 0. The molecule has 0 amide bonds. The summed E-state index contributed by atoms with van der Waals surface area (Å²) in [5, 5.41) is 0. The summed E-state index contributed by atoms with van der Waals surface area (Å²) in [5.41, 5.74) is 0.645. The zero-order chi connectivity index (χ0) is 23.9. The maximum atomic E-state index is 13.3. The van der Waals surface area contributed by atoms with Gasteiger partial charge in [-0.05, 0) is 70.1 Å². The van der Waals surface area contributed by atoms with E-state index in [4.69, 9.17) is 14.2 Å². The normalized spacial score (nSPS) is 24.5. The zero-order valence-corrected chi connectivity index (χ0v) is 21.5. The Kier molecular flexibility index (Phi) is 10.3. The van der Waals surface area contributed by atoms with E-state index < -0.39 is 5.60 Å². The molecule has 0 saturated heterocycles. The van der Waals surface area contributed by atoms with E-state index in [0.29, 0.717) is 29.6 Å². The van der Waals surface area contributed by atoms with Gasteiger partial charge in [-0.1, -0.05) is 52.9 Å². The molecule has 184 valence electrons. The van der Waals surface area contributed by atoms with E-state index in [-0.39, 0.29) is 29.9 Å². The molecule has 0 aliphatic heterocycles. The van der Waals surface area contributed by atoms with Gasteiger partial charge in [-0.25, -0.2) is 9.59 Å². The zero-order valence-electron chi connectivity index (χ0n) is 21.5. The van der Waals surface area contributed by atoms with Crippen LogP contribution >= 0.6 is 0 Å². The fourth-order valence-corrected chi connectivity index (χ4v) is 5.64. The van der Waals surface area contributed by atoms with Gasteiger partial charge in [0.05, 0.1) is 17.8 Å². The number of ether oxygens (including phenoxy) is 3. The highest BCUT2D eigenvalue weighted by molar-refractivity contribution is 6.02. The summed E-state index contributed by atoms with van der Waals surface area (Å²) in [5.74, 6) is 0.497. The Morgan fingerprint density at radius 1 is 1.00 bits per heavy atom. The topological polar surface area (TPSA) is 61.8 Å². The van der Waals surface area contributed by atoms with Crippen molar-refractivity contribution in [2.45, 2.75) is 111 Å². The van der Waals surface area contributed by atoms with Crippen LogP contribution in [0.2, 0.25) is 0 Å². The van der Waals surface area contributed by atoms with Crippen LogP contribution in [0, 0.1) is 23.7 Å². The van der Waals surface area contributed by atoms with Gasteiger partial charge in [-0.15, -0.1) is 0 Å². The predicted octanol–water partition coefficient (Wildman–Crippen LogP) is 6.25. The van der Waals surface area contributed by atoms with Crippen LogP contribution in [-0.4, -0.2) is 37.4 Å². The second-order valence-corrected chi connectivity index (χ2v) is 10.7. The molecule has 0 N–H and O–H groups in total. The molecule has 0 spiro atoms. The van der Waals surface area contributed by atoms with Crippen molar-refractivity contribution >= 4 is 11.9 Å². The lowest BCUT2D eigenvalue weighted by Gasteiger charge is -2.32. The van der Waals surface area contributed by atoms with Crippen LogP contribution in [0.4, 0.5) is 0 Å². The third-order valence-electron chi connectivity index (χ3n) is 7.33. The van der Waals surface area contributed by atoms with Gasteiger partial charge >= 0.3 is 11.9 Å². The Bertz CT molecular complexity index is 665. The second-order valence-electron chi connectivity index (χ2n) is 10.7. The third kappa shape index (κ3) is 6.82. The number of fused-ring (bicyclic) bond motifs is 2. The molecule has 5 unspecified atom stereocenters. The summed E-state index contributed by atoms with van der Waals surface area (Å²) in [6.07, 6.45) is 9.14. The first-order valence-electron chi connectivity index (χ1n) is 12.8. The minimum absolute atomic E-state index is 0.0971. The van der Waals surface area contributed by atoms with Crippen molar-refractivity contribution in [2.24, 2.45) is 23.7 Å². The molecule has 0 radical (unpaired) electrons. The lowest BCUT2D eigenvalue weighted by atomic mass is 9.75. The average Bonchev–Trinajstić information content (AvgIpc) is 3.30. The number of unbranched alkanes of at least 4 members (excludes halogenated alkanes) is 3. The van der Waals surface area contributed by atoms with Gasteiger partial charge in [0.25, 0.3) is 0 Å². The molecule has 5 heteroatoms. The quantitative estimate of drug-likeness (QED) is 0.231. The summed E-state index contributed by atoms with van der Waals surface area (Å²) < 4.78 is 16.8. The minimum Gasteiger partial charge on any atom is -0.457 e. The van der Waals surface area contributed by atoms with Crippen molar-refractivity contribution in [3.8, 4) is 0 Å². The smallest absolute Gasteiger partial charge is 0.335 e. The van der Waals surface area contributed by atoms with Crippen molar-refractivity contribution in [3.63, 3.8) is 0 Å². The van der Waals surface area contributed by atoms with Gasteiger partial charge in [-0.3, -0.25) is 0 Å². The van der Waals surface area contributed by atoms with Gasteiger partial charge < -0.3 is 14.2 Å². The van der Waals surface area contributed by atoms with Crippen molar-refractivity contribution in [1.82, 2.24) is 0 Å². The van der Waals surface area contributed by atoms with E-state index in [0.717, 1.165) is 44.9 Å². The Labute approximate surface area is 195 Å². The van der Waals surface area contributed by atoms with Crippen LogP contribution in [0.3, 0.4) is 0 Å². The van der Waals surface area contributed by atoms with E-state index in [2.05, 4.69) is 20.8 Å². The van der Waals surface area contributed by atoms with Crippen molar-refractivity contribution in [3.05, 3.63) is 11.1 Å². The SMILES string of the molecule is CCCCCC(C)(C)OC(=O)C1=C(C(=O)OC(C)COC)C2CC1CC2C(C)CCCC. The van der Waals surface area contributed by atoms with E-state index >= 15 is 0 Å². The van der Waals surface area contributed by atoms with Gasteiger partial charge in [0.15, 0.2) is 0 Å². The summed E-state index contributed by atoms with van der Waals surface area (Å²) in [7, 11) is 1.59. The van der Waals surface area contributed by atoms with Gasteiger partial charge in [0.1, 0.15) is 11.7 Å². The maximum absolute atomic E-state index is 13.3. The molecule has 2 bridgehead atoms. The van der Waals surface area contributed by atoms with Crippen molar-refractivity contribution < 1.29 is 23.8 Å². The number of hydrogen-bond acceptors (Lipinski definition) is 5. The van der Waals surface area contributed by atoms with Crippen LogP contribution < -0.4 is 0 Å². The third-order valence-corrected chi connectivity index (χ3v) is 7.33. The van der Waals surface area contributed by atoms with E-state index in [1.807, 2.05) is 20.8 Å². The highest BCUT2D eigenvalue weighted by atomic mass is 16.6. The number of carbonyl (C=O) groups is 2. The Balaban J connectivity index is 2.25. The molecule has 0 heterocycles. The summed E-state index contributed by atoms with van der Waals surface area (Å²) >= 11 is 0. The highest BCUT2D eigenvalue weighted by Gasteiger charge is 2.52. The summed E-state index contributed by atoms with van der Waals surface area (Å²) in [6, 6.07) is 0. The lowest BCUT2D eigenvalue weighted by molar-refractivity contribution is -0.154. The molecule has 5 nitrogen and oxygen atoms in total. The van der Waals surface area contributed by atoms with Crippen LogP contribution in [0.15, 0.2) is 11.1 Å². The molecule has 2 rings (SSSR count). The molecule has 2 aliphatic rings. The molecule has 1 fully saturated rings. The fourth-order valence-electron chi connectivity index (χ4n) is 5.64. The Hall–Kier alpha value is -1.36. The van der Waals surface area contributed by atoms with Gasteiger partial charge in [-0.2, -0.15) is 0 Å². The monoisotopic (exact) mass is 450 g/mol. The first-order chi connectivity index (χ1) is 15.1. The first-order valence-corrected chi connectivity index (χ1v) is 12.8. The molecular weight excluding hydrogens is 404 g/mol. The van der Waals surface area contributed by atoms with Crippen molar-refractivity contribution in [1.29, 1.82) is 0 Å². The Morgan fingerprint density at radius 2 is 1.69 bits per heavy atom. The second kappa shape index (κ2) is 12.2. The number of rotatable bonds is 14. The largest absolute Gasteiger partial charge is 0.457 e. The van der Waals surface area contributed by atoms with Crippen molar-refractivity contribution in [2.75, 3.05) is 13.7 Å². The van der Waals surface area contributed by atoms with Crippen LogP contribution in [0.1, 0.15) is 99.3 Å². The van der Waals surface area contributed by atoms with Gasteiger partial charge in [0.2, 0.25) is 0 Å². The number of esters is 2. The standard InChI is InChI=1S/C27H46O5/c1-8-10-12-14-27(5,6)32-26(29)23-20-15-21(18(3)13-11-9-2)22(16-20)24(23)25(28)31-19(4)17-30-7/h18-22H,8-17H2,1-7H3. The lowest BCUT2D eigenvalue weighted by Crippen LogP contribution is -2.34. The Morgan fingerprint density at radius 3 is 2.31 bits per heavy atom. The maximum Gasteiger partial charge on any atom is 0.335 e. The molecule has 0 aromatic rings. The number of methoxy groups -OCH3 is 1. The minimum atomic E-state index is -0.534. The van der Waals surface area contributed by atoms with Crippen LogP contribution in [-0.2, 0) is 23.8 Å². The fraction of sp³-hybridized carbons (Fsp3) is 0.852. The average molecular weight is 451 g/mol. The molecule has 32 heavy (non-hydrogen) atoms. The van der Waals surface area contributed by atoms with E-state index in [1.54, 1.807) is 7.11 Å². The molecule has 0 aromatic carbocycles. The number of carbonyl (C=O) groups excluding carboxylic acids is 2. The molecular formula is C27H46O5. The summed E-state index contributed by atoms with van der Waals surface area (Å²) in [4.78, 5) is 26.6. The van der Waals surface area contributed by atoms with Gasteiger partial charge in [0, 0.05) is 7.11 Å². The molecule has 1 saturated carbocycles. The van der Waals surface area contributed by atoms with Crippen LogP contribution in [0.25, 0.3) is 0 Å².